The number of terminal acetylenes is 1. The Balaban J connectivity index is 1.65. The molecule has 1 heterocycles. The lowest BCUT2D eigenvalue weighted by molar-refractivity contribution is 0.0956. The molecule has 33 heavy (non-hydrogen) atoms. The summed E-state index contributed by atoms with van der Waals surface area (Å²) in [5.41, 5.74) is 5.79. The van der Waals surface area contributed by atoms with Crippen LogP contribution in [0.1, 0.15) is 15.9 Å². The predicted molar refractivity (Wildman–Crippen MR) is 133 cm³/mol. The normalized spacial score (nSPS) is 10.8. The lowest BCUT2D eigenvalue weighted by Crippen LogP contribution is -2.18. The number of halogens is 2. The topological polar surface area (TPSA) is 63.6 Å². The molecule has 1 amide bonds. The second-order valence-electron chi connectivity index (χ2n) is 6.94. The molecule has 162 valence electrons. The van der Waals surface area contributed by atoms with Crippen LogP contribution in [-0.2, 0) is 0 Å². The zero-order chi connectivity index (χ0) is 23.2. The number of aromatic nitrogens is 1. The number of nitrogens with one attached hydrogen (secondary N) is 1. The molecule has 0 atom stereocenters. The number of rotatable bonds is 6. The van der Waals surface area contributed by atoms with Gasteiger partial charge in [0.15, 0.2) is 0 Å². The zero-order valence-electron chi connectivity index (χ0n) is 17.3. The molecule has 0 saturated carbocycles. The van der Waals surface area contributed by atoms with Crippen LogP contribution in [-0.4, -0.2) is 23.7 Å². The highest BCUT2D eigenvalue weighted by Gasteiger charge is 2.14. The van der Waals surface area contributed by atoms with Crippen LogP contribution in [0.5, 0.6) is 5.75 Å². The third-order valence-corrected chi connectivity index (χ3v) is 5.24. The summed E-state index contributed by atoms with van der Waals surface area (Å²) in [7, 11) is 0. The Labute approximate surface area is 201 Å². The summed E-state index contributed by atoms with van der Waals surface area (Å²) in [4.78, 5) is 17.8. The van der Waals surface area contributed by atoms with Gasteiger partial charge >= 0.3 is 0 Å². The number of fused-ring (bicyclic) bond motifs is 1. The molecule has 0 aliphatic heterocycles. The Morgan fingerprint density at radius 3 is 2.64 bits per heavy atom. The summed E-state index contributed by atoms with van der Waals surface area (Å²) in [5.74, 6) is 2.33. The van der Waals surface area contributed by atoms with Gasteiger partial charge in [0.1, 0.15) is 12.4 Å². The van der Waals surface area contributed by atoms with Gasteiger partial charge in [-0.25, -0.2) is 10.4 Å². The predicted octanol–water partition coefficient (Wildman–Crippen LogP) is 5.98. The molecule has 4 aromatic rings. The van der Waals surface area contributed by atoms with Crippen molar-refractivity contribution in [2.24, 2.45) is 5.10 Å². The number of hydrogen-bond donors (Lipinski definition) is 1. The zero-order valence-corrected chi connectivity index (χ0v) is 18.8. The van der Waals surface area contributed by atoms with Gasteiger partial charge in [-0.15, -0.1) is 6.42 Å². The fourth-order valence-corrected chi connectivity index (χ4v) is 3.85. The van der Waals surface area contributed by atoms with Gasteiger partial charge in [0.25, 0.3) is 5.91 Å². The van der Waals surface area contributed by atoms with E-state index in [4.69, 9.17) is 39.3 Å². The molecule has 4 rings (SSSR count). The highest BCUT2D eigenvalue weighted by Crippen LogP contribution is 2.31. The van der Waals surface area contributed by atoms with Gasteiger partial charge < -0.3 is 4.74 Å². The third kappa shape index (κ3) is 5.15. The van der Waals surface area contributed by atoms with Crippen molar-refractivity contribution in [3.05, 3.63) is 94.0 Å². The van der Waals surface area contributed by atoms with E-state index in [0.29, 0.717) is 38.5 Å². The first kappa shape index (κ1) is 22.3. The van der Waals surface area contributed by atoms with Crippen LogP contribution in [0.25, 0.3) is 22.2 Å². The summed E-state index contributed by atoms with van der Waals surface area (Å²) in [6, 6.07) is 22.0. The van der Waals surface area contributed by atoms with E-state index in [0.717, 1.165) is 5.56 Å². The van der Waals surface area contributed by atoms with E-state index in [9.17, 15) is 4.79 Å². The van der Waals surface area contributed by atoms with Crippen LogP contribution < -0.4 is 10.2 Å². The Kier molecular flexibility index (Phi) is 6.89. The van der Waals surface area contributed by atoms with E-state index in [1.165, 1.54) is 6.21 Å². The van der Waals surface area contributed by atoms with E-state index < -0.39 is 0 Å². The summed E-state index contributed by atoms with van der Waals surface area (Å²) < 4.78 is 5.50. The highest BCUT2D eigenvalue weighted by molar-refractivity contribution is 6.36. The van der Waals surface area contributed by atoms with Gasteiger partial charge in [0.05, 0.1) is 28.0 Å². The minimum atomic E-state index is -0.388. The van der Waals surface area contributed by atoms with Gasteiger partial charge in [-0.05, 0) is 24.3 Å². The number of carbonyl (C=O) groups excluding carboxylic acids is 1. The lowest BCUT2D eigenvalue weighted by Gasteiger charge is -2.10. The second kappa shape index (κ2) is 10.2. The van der Waals surface area contributed by atoms with Crippen molar-refractivity contribution in [1.82, 2.24) is 10.4 Å². The second-order valence-corrected chi connectivity index (χ2v) is 7.78. The number of para-hydroxylation sites is 1. The first-order valence-electron chi connectivity index (χ1n) is 9.90. The minimum absolute atomic E-state index is 0.0276. The van der Waals surface area contributed by atoms with E-state index in [1.807, 2.05) is 54.6 Å². The Morgan fingerprint density at radius 1 is 1.09 bits per heavy atom. The molecule has 0 fully saturated rings. The molecule has 0 unspecified atom stereocenters. The summed E-state index contributed by atoms with van der Waals surface area (Å²) in [5, 5.41) is 5.49. The number of benzene rings is 3. The maximum atomic E-state index is 13.1. The highest BCUT2D eigenvalue weighted by atomic mass is 35.5. The monoisotopic (exact) mass is 473 g/mol. The summed E-state index contributed by atoms with van der Waals surface area (Å²) in [6.07, 6.45) is 6.68. The molecule has 5 nitrogen and oxygen atoms in total. The van der Waals surface area contributed by atoms with Crippen molar-refractivity contribution < 1.29 is 9.53 Å². The van der Waals surface area contributed by atoms with Gasteiger partial charge in [0.2, 0.25) is 0 Å². The number of pyridine rings is 1. The number of ether oxygens (including phenoxy) is 1. The molecule has 1 aromatic heterocycles. The number of nitrogens with zero attached hydrogens (tertiary/aromatic N) is 2. The third-order valence-electron chi connectivity index (χ3n) is 4.74. The quantitative estimate of drug-likeness (QED) is 0.212. The van der Waals surface area contributed by atoms with Crippen molar-refractivity contribution in [2.75, 3.05) is 6.61 Å². The lowest BCUT2D eigenvalue weighted by atomic mass is 10.0. The Morgan fingerprint density at radius 2 is 1.85 bits per heavy atom. The van der Waals surface area contributed by atoms with Crippen LogP contribution >= 0.6 is 23.2 Å². The van der Waals surface area contributed by atoms with Crippen LogP contribution in [0, 0.1) is 12.3 Å². The fourth-order valence-electron chi connectivity index (χ4n) is 3.28. The van der Waals surface area contributed by atoms with Crippen LogP contribution in [0.2, 0.25) is 10.0 Å². The first-order chi connectivity index (χ1) is 16.1. The Hall–Kier alpha value is -3.85. The van der Waals surface area contributed by atoms with Gasteiger partial charge in [0, 0.05) is 21.5 Å². The standard InChI is InChI=1S/C26H17Cl2N3O2/c1-2-12-33-25-18(13-19(27)14-22(25)28)16-29-31-26(32)21-15-24(17-8-4-3-5-9-17)30-23-11-7-6-10-20(21)23/h1,3-11,13-16H,12H2,(H,31,32)/b29-16-. The molecule has 0 bridgehead atoms. The fraction of sp³-hybridized carbons (Fsp3) is 0.0385. The van der Waals surface area contributed by atoms with Crippen molar-refractivity contribution in [1.29, 1.82) is 0 Å². The van der Waals surface area contributed by atoms with Crippen molar-refractivity contribution in [3.8, 4) is 29.4 Å². The molecule has 7 heteroatoms. The SMILES string of the molecule is C#CCOc1c(Cl)cc(Cl)cc1/C=N\NC(=O)c1cc(-c2ccccc2)nc2ccccc12. The average Bonchev–Trinajstić information content (AvgIpc) is 2.83. The average molecular weight is 474 g/mol. The number of hydrogen-bond acceptors (Lipinski definition) is 4. The summed E-state index contributed by atoms with van der Waals surface area (Å²) in [6.45, 7) is 0.0276. The Bertz CT molecular complexity index is 1400. The molecule has 0 aliphatic rings. The van der Waals surface area contributed by atoms with Crippen molar-refractivity contribution in [3.63, 3.8) is 0 Å². The van der Waals surface area contributed by atoms with Crippen LogP contribution in [0.15, 0.2) is 77.9 Å². The van der Waals surface area contributed by atoms with Gasteiger partial charge in [-0.1, -0.05) is 77.7 Å². The maximum Gasteiger partial charge on any atom is 0.272 e. The van der Waals surface area contributed by atoms with Crippen molar-refractivity contribution >= 4 is 46.2 Å². The molecule has 1 N–H and O–H groups in total. The van der Waals surface area contributed by atoms with E-state index in [1.54, 1.807) is 18.2 Å². The van der Waals surface area contributed by atoms with E-state index in [2.05, 4.69) is 16.4 Å². The molecule has 0 spiro atoms. The molecule has 0 radical (unpaired) electrons. The first-order valence-corrected chi connectivity index (χ1v) is 10.7. The smallest absolute Gasteiger partial charge is 0.272 e. The molecule has 0 saturated heterocycles. The minimum Gasteiger partial charge on any atom is -0.479 e. The molecular weight excluding hydrogens is 457 g/mol. The van der Waals surface area contributed by atoms with E-state index in [-0.39, 0.29) is 17.5 Å². The van der Waals surface area contributed by atoms with Crippen molar-refractivity contribution in [2.45, 2.75) is 0 Å². The number of carbonyl (C=O) groups is 1. The summed E-state index contributed by atoms with van der Waals surface area (Å²) >= 11 is 12.3. The molecular formula is C26H17Cl2N3O2. The maximum absolute atomic E-state index is 13.1. The van der Waals surface area contributed by atoms with Crippen LogP contribution in [0.3, 0.4) is 0 Å². The van der Waals surface area contributed by atoms with Gasteiger partial charge in [-0.3, -0.25) is 4.79 Å². The number of hydrazone groups is 1. The van der Waals surface area contributed by atoms with Gasteiger partial charge in [-0.2, -0.15) is 5.10 Å². The van der Waals surface area contributed by atoms with Crippen LogP contribution in [0.4, 0.5) is 0 Å². The largest absolute Gasteiger partial charge is 0.479 e. The molecule has 0 aliphatic carbocycles. The number of amides is 1. The molecule has 3 aromatic carbocycles. The van der Waals surface area contributed by atoms with E-state index >= 15 is 0 Å².